The van der Waals surface area contributed by atoms with Gasteiger partial charge in [-0.15, -0.1) is 0 Å². The molecule has 0 bridgehead atoms. The van der Waals surface area contributed by atoms with Crippen molar-refractivity contribution >= 4 is 23.4 Å². The molecule has 1 aromatic carbocycles. The molecule has 2 aromatic rings. The molecule has 0 amide bonds. The van der Waals surface area contributed by atoms with Crippen molar-refractivity contribution in [2.75, 3.05) is 0 Å². The van der Waals surface area contributed by atoms with Crippen LogP contribution in [0.4, 0.5) is 0 Å². The van der Waals surface area contributed by atoms with E-state index in [0.717, 1.165) is 22.3 Å². The van der Waals surface area contributed by atoms with Crippen molar-refractivity contribution in [1.29, 1.82) is 0 Å². The van der Waals surface area contributed by atoms with Gasteiger partial charge in [0.05, 0.1) is 12.3 Å². The van der Waals surface area contributed by atoms with Gasteiger partial charge < -0.3 is 9.67 Å². The fraction of sp³-hybridized carbons (Fsp3) is 0.357. The number of hydrogen-bond donors (Lipinski definition) is 1. The van der Waals surface area contributed by atoms with Crippen LogP contribution in [-0.2, 0) is 13.2 Å². The summed E-state index contributed by atoms with van der Waals surface area (Å²) >= 11 is 7.58. The Bertz CT molecular complexity index is 537. The number of hydrogen-bond acceptors (Lipinski definition) is 3. The Morgan fingerprint density at radius 1 is 1.32 bits per heavy atom. The van der Waals surface area contributed by atoms with E-state index in [1.54, 1.807) is 11.8 Å². The third kappa shape index (κ3) is 4.00. The smallest absolute Gasteiger partial charge is 0.168 e. The molecule has 1 aromatic heterocycles. The van der Waals surface area contributed by atoms with Crippen molar-refractivity contribution in [3.05, 3.63) is 46.7 Å². The third-order valence-corrected chi connectivity index (χ3v) is 3.82. The zero-order valence-corrected chi connectivity index (χ0v) is 12.6. The second-order valence-corrected chi connectivity index (χ2v) is 6.57. The first-order valence-electron chi connectivity index (χ1n) is 6.16. The van der Waals surface area contributed by atoms with E-state index in [1.165, 1.54) is 0 Å². The van der Waals surface area contributed by atoms with Crippen molar-refractivity contribution in [1.82, 2.24) is 9.55 Å². The average molecular weight is 297 g/mol. The summed E-state index contributed by atoms with van der Waals surface area (Å²) in [5.74, 6) is 0. The van der Waals surface area contributed by atoms with Gasteiger partial charge in [0.15, 0.2) is 5.16 Å². The molecule has 5 heteroatoms. The van der Waals surface area contributed by atoms with E-state index >= 15 is 0 Å². The molecule has 0 aliphatic carbocycles. The summed E-state index contributed by atoms with van der Waals surface area (Å²) in [7, 11) is 0. The molecular weight excluding hydrogens is 280 g/mol. The lowest BCUT2D eigenvalue weighted by Gasteiger charge is -2.09. The molecule has 102 valence electrons. The van der Waals surface area contributed by atoms with Gasteiger partial charge in [-0.1, -0.05) is 49.3 Å². The van der Waals surface area contributed by atoms with Crippen molar-refractivity contribution in [2.24, 2.45) is 0 Å². The minimum atomic E-state index is -0.0285. The van der Waals surface area contributed by atoms with Gasteiger partial charge in [0.1, 0.15) is 0 Å². The number of rotatable bonds is 5. The Balaban J connectivity index is 2.22. The summed E-state index contributed by atoms with van der Waals surface area (Å²) in [5.41, 5.74) is 1.87. The second kappa shape index (κ2) is 6.46. The molecule has 0 fully saturated rings. The van der Waals surface area contributed by atoms with Crippen LogP contribution in [0.5, 0.6) is 0 Å². The molecule has 0 atom stereocenters. The SMILES string of the molecule is CC(C)Sc1nc(CO)cn1Cc1ccc(Cl)cc1. The van der Waals surface area contributed by atoms with E-state index in [-0.39, 0.29) is 6.61 Å². The number of thioether (sulfide) groups is 1. The first-order chi connectivity index (χ1) is 9.08. The van der Waals surface area contributed by atoms with Crippen LogP contribution in [0, 0.1) is 0 Å². The standard InChI is InChI=1S/C14H17ClN2OS/c1-10(2)19-14-16-13(9-18)8-17(14)7-11-3-5-12(15)6-4-11/h3-6,8,10,18H,7,9H2,1-2H3. The van der Waals surface area contributed by atoms with Crippen molar-refractivity contribution in [3.63, 3.8) is 0 Å². The molecule has 0 aliphatic heterocycles. The number of benzene rings is 1. The van der Waals surface area contributed by atoms with E-state index < -0.39 is 0 Å². The molecule has 2 rings (SSSR count). The van der Waals surface area contributed by atoms with Gasteiger partial charge in [-0.25, -0.2) is 4.98 Å². The van der Waals surface area contributed by atoms with Gasteiger partial charge in [-0.3, -0.25) is 0 Å². The molecule has 1 heterocycles. The molecule has 0 radical (unpaired) electrons. The Labute approximate surface area is 122 Å². The highest BCUT2D eigenvalue weighted by Crippen LogP contribution is 2.23. The zero-order valence-electron chi connectivity index (χ0n) is 11.0. The Kier molecular flexibility index (Phi) is 4.91. The highest BCUT2D eigenvalue weighted by atomic mass is 35.5. The van der Waals surface area contributed by atoms with Gasteiger partial charge in [-0.05, 0) is 17.7 Å². The predicted molar refractivity (Wildman–Crippen MR) is 79.7 cm³/mol. The summed E-state index contributed by atoms with van der Waals surface area (Å²) < 4.78 is 2.07. The van der Waals surface area contributed by atoms with E-state index in [0.29, 0.717) is 10.9 Å². The summed E-state index contributed by atoms with van der Waals surface area (Å²) in [4.78, 5) is 4.43. The van der Waals surface area contributed by atoms with Crippen LogP contribution in [0.2, 0.25) is 5.02 Å². The van der Waals surface area contributed by atoms with Crippen molar-refractivity contribution in [2.45, 2.75) is 37.4 Å². The van der Waals surface area contributed by atoms with E-state index in [1.807, 2.05) is 30.5 Å². The van der Waals surface area contributed by atoms with Crippen LogP contribution in [0.1, 0.15) is 25.1 Å². The predicted octanol–water partition coefficient (Wildman–Crippen LogP) is 3.58. The molecule has 0 spiro atoms. The average Bonchev–Trinajstić information content (AvgIpc) is 2.74. The van der Waals surface area contributed by atoms with Gasteiger partial charge >= 0.3 is 0 Å². The van der Waals surface area contributed by atoms with Gasteiger partial charge in [0, 0.05) is 23.0 Å². The maximum atomic E-state index is 9.21. The molecule has 1 N–H and O–H groups in total. The van der Waals surface area contributed by atoms with Gasteiger partial charge in [-0.2, -0.15) is 0 Å². The van der Waals surface area contributed by atoms with Crippen LogP contribution < -0.4 is 0 Å². The topological polar surface area (TPSA) is 38.1 Å². The van der Waals surface area contributed by atoms with E-state index in [9.17, 15) is 5.11 Å². The quantitative estimate of drug-likeness (QED) is 0.857. The maximum Gasteiger partial charge on any atom is 0.168 e. The highest BCUT2D eigenvalue weighted by Gasteiger charge is 2.10. The van der Waals surface area contributed by atoms with Crippen LogP contribution >= 0.6 is 23.4 Å². The van der Waals surface area contributed by atoms with Crippen LogP contribution in [0.15, 0.2) is 35.6 Å². The third-order valence-electron chi connectivity index (χ3n) is 2.56. The number of imidazole rings is 1. The number of halogens is 1. The lowest BCUT2D eigenvalue weighted by atomic mass is 10.2. The first-order valence-corrected chi connectivity index (χ1v) is 7.42. The molecule has 0 saturated heterocycles. The highest BCUT2D eigenvalue weighted by molar-refractivity contribution is 7.99. The molecule has 3 nitrogen and oxygen atoms in total. The number of aliphatic hydroxyl groups excluding tert-OH is 1. The van der Waals surface area contributed by atoms with Gasteiger partial charge in [0.25, 0.3) is 0 Å². The molecule has 0 aliphatic rings. The minimum absolute atomic E-state index is 0.0285. The summed E-state index contributed by atoms with van der Waals surface area (Å²) in [6.07, 6.45) is 1.90. The lowest BCUT2D eigenvalue weighted by molar-refractivity contribution is 0.277. The van der Waals surface area contributed by atoms with Crippen LogP contribution in [-0.4, -0.2) is 19.9 Å². The summed E-state index contributed by atoms with van der Waals surface area (Å²) in [5, 5.41) is 11.3. The van der Waals surface area contributed by atoms with Crippen molar-refractivity contribution in [3.8, 4) is 0 Å². The van der Waals surface area contributed by atoms with Crippen molar-refractivity contribution < 1.29 is 5.11 Å². The number of nitrogens with zero attached hydrogens (tertiary/aromatic N) is 2. The Morgan fingerprint density at radius 2 is 2.00 bits per heavy atom. The largest absolute Gasteiger partial charge is 0.390 e. The fourth-order valence-corrected chi connectivity index (χ4v) is 2.70. The van der Waals surface area contributed by atoms with E-state index in [2.05, 4.69) is 23.4 Å². The lowest BCUT2D eigenvalue weighted by Crippen LogP contribution is -2.01. The van der Waals surface area contributed by atoms with E-state index in [4.69, 9.17) is 11.6 Å². The molecule has 0 unspecified atom stereocenters. The fourth-order valence-electron chi connectivity index (χ4n) is 1.73. The zero-order chi connectivity index (χ0) is 13.8. The Morgan fingerprint density at radius 3 is 2.58 bits per heavy atom. The minimum Gasteiger partial charge on any atom is -0.390 e. The van der Waals surface area contributed by atoms with Crippen LogP contribution in [0.3, 0.4) is 0 Å². The molecule has 19 heavy (non-hydrogen) atoms. The summed E-state index contributed by atoms with van der Waals surface area (Å²) in [6, 6.07) is 7.78. The number of aliphatic hydroxyl groups is 1. The van der Waals surface area contributed by atoms with Gasteiger partial charge in [0.2, 0.25) is 0 Å². The summed E-state index contributed by atoms with van der Waals surface area (Å²) in [6.45, 7) is 4.97. The van der Waals surface area contributed by atoms with Crippen LogP contribution in [0.25, 0.3) is 0 Å². The maximum absolute atomic E-state index is 9.21. The monoisotopic (exact) mass is 296 g/mol. The number of aromatic nitrogens is 2. The normalized spacial score (nSPS) is 11.2. The first kappa shape index (κ1) is 14.4. The second-order valence-electron chi connectivity index (χ2n) is 4.59. The molecule has 0 saturated carbocycles. The molecular formula is C14H17ClN2OS. The Hall–Kier alpha value is -0.970.